The van der Waals surface area contributed by atoms with E-state index in [1.165, 1.54) is 22.1 Å². The van der Waals surface area contributed by atoms with Gasteiger partial charge < -0.3 is 5.32 Å². The van der Waals surface area contributed by atoms with Gasteiger partial charge in [0.25, 0.3) is 5.56 Å². The number of hydrogen-bond donors (Lipinski definition) is 2. The van der Waals surface area contributed by atoms with Gasteiger partial charge in [-0.25, -0.2) is 14.6 Å². The first-order chi connectivity index (χ1) is 13.7. The number of rotatable bonds is 6. The van der Waals surface area contributed by atoms with Gasteiger partial charge in [-0.1, -0.05) is 35.9 Å². The molecule has 7 nitrogen and oxygen atoms in total. The van der Waals surface area contributed by atoms with E-state index >= 15 is 0 Å². The van der Waals surface area contributed by atoms with Crippen LogP contribution in [0.5, 0.6) is 0 Å². The molecular weight excluding hydrogens is 352 g/mol. The van der Waals surface area contributed by atoms with Crippen LogP contribution in [0.15, 0.2) is 72.2 Å². The number of pyridine rings is 1. The van der Waals surface area contributed by atoms with Gasteiger partial charge in [-0.2, -0.15) is 0 Å². The van der Waals surface area contributed by atoms with Crippen molar-refractivity contribution in [3.05, 3.63) is 88.9 Å². The number of H-pyrrole nitrogens is 1. The highest BCUT2D eigenvalue weighted by Gasteiger charge is 2.11. The number of nitrogens with one attached hydrogen (secondary N) is 2. The van der Waals surface area contributed by atoms with Crippen LogP contribution in [0.3, 0.4) is 0 Å². The second-order valence-corrected chi connectivity index (χ2v) is 6.49. The predicted octanol–water partition coefficient (Wildman–Crippen LogP) is 2.98. The Kier molecular flexibility index (Phi) is 4.97. The molecule has 1 aromatic carbocycles. The normalized spacial score (nSPS) is 10.8. The fourth-order valence-electron chi connectivity index (χ4n) is 2.92. The van der Waals surface area contributed by atoms with Crippen LogP contribution in [-0.4, -0.2) is 31.3 Å². The third-order valence-electron chi connectivity index (χ3n) is 4.47. The van der Waals surface area contributed by atoms with Gasteiger partial charge in [-0.3, -0.25) is 14.9 Å². The van der Waals surface area contributed by atoms with Crippen molar-refractivity contribution in [1.29, 1.82) is 0 Å². The highest BCUT2D eigenvalue weighted by molar-refractivity contribution is 5.60. The smallest absolute Gasteiger partial charge is 0.280 e. The maximum absolute atomic E-state index is 12.7. The van der Waals surface area contributed by atoms with E-state index in [0.717, 1.165) is 18.5 Å². The average molecular weight is 372 g/mol. The first-order valence-electron chi connectivity index (χ1n) is 9.03. The van der Waals surface area contributed by atoms with Crippen molar-refractivity contribution in [1.82, 2.24) is 24.7 Å². The maximum Gasteiger partial charge on any atom is 0.280 e. The van der Waals surface area contributed by atoms with E-state index in [9.17, 15) is 4.79 Å². The summed E-state index contributed by atoms with van der Waals surface area (Å²) in [5.74, 6) is 1.15. The fourth-order valence-corrected chi connectivity index (χ4v) is 2.92. The zero-order valence-corrected chi connectivity index (χ0v) is 15.5. The molecular formula is C21H20N6O. The zero-order chi connectivity index (χ0) is 19.3. The quantitative estimate of drug-likeness (QED) is 0.543. The number of anilines is 1. The van der Waals surface area contributed by atoms with Crippen molar-refractivity contribution in [3.8, 4) is 16.9 Å². The van der Waals surface area contributed by atoms with Gasteiger partial charge in [0.15, 0.2) is 5.82 Å². The number of aromatic amines is 1. The minimum absolute atomic E-state index is 0.183. The molecule has 0 spiro atoms. The Bertz CT molecular complexity index is 1120. The minimum atomic E-state index is -0.183. The maximum atomic E-state index is 12.7. The van der Waals surface area contributed by atoms with Gasteiger partial charge >= 0.3 is 0 Å². The molecule has 0 saturated carbocycles. The summed E-state index contributed by atoms with van der Waals surface area (Å²) in [5, 5.41) is 6.25. The SMILES string of the molecule is Cc1ccc(CCNc2cc(-n3[nH]cc(-c4cccnc4)c3=O)ncn2)cc1. The Hall–Kier alpha value is -3.74. The Morgan fingerprint density at radius 2 is 2.00 bits per heavy atom. The summed E-state index contributed by atoms with van der Waals surface area (Å²) >= 11 is 0. The third kappa shape index (κ3) is 3.83. The third-order valence-corrected chi connectivity index (χ3v) is 4.47. The monoisotopic (exact) mass is 372 g/mol. The Morgan fingerprint density at radius 3 is 2.79 bits per heavy atom. The molecule has 0 aliphatic carbocycles. The van der Waals surface area contributed by atoms with Crippen LogP contribution < -0.4 is 10.9 Å². The van der Waals surface area contributed by atoms with Crippen molar-refractivity contribution >= 4 is 5.82 Å². The van der Waals surface area contributed by atoms with Crippen LogP contribution >= 0.6 is 0 Å². The molecule has 0 fully saturated rings. The standard InChI is InChI=1S/C21H20N6O/c1-15-4-6-16(7-5-15)8-10-23-19-11-20(25-14-24-19)27-21(28)18(13-26-27)17-3-2-9-22-12-17/h2-7,9,11-14,26H,8,10H2,1H3,(H,23,24,25). The van der Waals surface area contributed by atoms with Crippen molar-refractivity contribution in [2.24, 2.45) is 0 Å². The Morgan fingerprint density at radius 1 is 1.14 bits per heavy atom. The number of benzene rings is 1. The van der Waals surface area contributed by atoms with E-state index in [4.69, 9.17) is 0 Å². The first kappa shape index (κ1) is 17.7. The number of aryl methyl sites for hydroxylation is 1. The highest BCUT2D eigenvalue weighted by atomic mass is 16.1. The van der Waals surface area contributed by atoms with E-state index in [0.29, 0.717) is 17.2 Å². The second-order valence-electron chi connectivity index (χ2n) is 6.49. The summed E-state index contributed by atoms with van der Waals surface area (Å²) in [4.78, 5) is 25.3. The number of aromatic nitrogens is 5. The van der Waals surface area contributed by atoms with E-state index in [1.807, 2.05) is 6.07 Å². The highest BCUT2D eigenvalue weighted by Crippen LogP contribution is 2.14. The lowest BCUT2D eigenvalue weighted by Crippen LogP contribution is -2.17. The topological polar surface area (TPSA) is 88.5 Å². The molecule has 3 aromatic heterocycles. The summed E-state index contributed by atoms with van der Waals surface area (Å²) in [6.07, 6.45) is 7.32. The van der Waals surface area contributed by atoms with Gasteiger partial charge in [0.2, 0.25) is 0 Å². The van der Waals surface area contributed by atoms with Gasteiger partial charge in [-0.05, 0) is 25.0 Å². The fraction of sp³-hybridized carbons (Fsp3) is 0.143. The van der Waals surface area contributed by atoms with E-state index < -0.39 is 0 Å². The molecule has 7 heteroatoms. The molecule has 140 valence electrons. The van der Waals surface area contributed by atoms with Crippen LogP contribution in [0.1, 0.15) is 11.1 Å². The summed E-state index contributed by atoms with van der Waals surface area (Å²) in [6.45, 7) is 2.81. The summed E-state index contributed by atoms with van der Waals surface area (Å²) in [6, 6.07) is 13.9. The molecule has 0 aliphatic heterocycles. The molecule has 0 aliphatic rings. The molecule has 28 heavy (non-hydrogen) atoms. The zero-order valence-electron chi connectivity index (χ0n) is 15.5. The van der Waals surface area contributed by atoms with E-state index in [-0.39, 0.29) is 5.56 Å². The molecule has 0 bridgehead atoms. The first-order valence-corrected chi connectivity index (χ1v) is 9.03. The molecule has 0 radical (unpaired) electrons. The van der Waals surface area contributed by atoms with Crippen LogP contribution in [-0.2, 0) is 6.42 Å². The van der Waals surface area contributed by atoms with Crippen molar-refractivity contribution in [2.75, 3.05) is 11.9 Å². The Labute approximate surface area is 162 Å². The van der Waals surface area contributed by atoms with Gasteiger partial charge in [0, 0.05) is 36.8 Å². The molecule has 0 atom stereocenters. The van der Waals surface area contributed by atoms with Crippen molar-refractivity contribution < 1.29 is 0 Å². The molecule has 0 unspecified atom stereocenters. The summed E-state index contributed by atoms with van der Waals surface area (Å²) in [5.41, 5.74) is 3.62. The van der Waals surface area contributed by atoms with Gasteiger partial charge in [-0.15, -0.1) is 0 Å². The summed E-state index contributed by atoms with van der Waals surface area (Å²) in [7, 11) is 0. The van der Waals surface area contributed by atoms with E-state index in [2.05, 4.69) is 56.6 Å². The molecule has 4 rings (SSSR count). The van der Waals surface area contributed by atoms with Crippen LogP contribution in [0.25, 0.3) is 16.9 Å². The van der Waals surface area contributed by atoms with Crippen LogP contribution in [0.4, 0.5) is 5.82 Å². The van der Waals surface area contributed by atoms with Gasteiger partial charge in [0.05, 0.1) is 5.56 Å². The average Bonchev–Trinajstić information content (AvgIpc) is 3.12. The summed E-state index contributed by atoms with van der Waals surface area (Å²) < 4.78 is 1.40. The predicted molar refractivity (Wildman–Crippen MR) is 109 cm³/mol. The number of nitrogens with zero attached hydrogens (tertiary/aromatic N) is 4. The second kappa shape index (κ2) is 7.87. The van der Waals surface area contributed by atoms with Gasteiger partial charge in [0.1, 0.15) is 12.1 Å². The molecule has 2 N–H and O–H groups in total. The molecule has 4 aromatic rings. The van der Waals surface area contributed by atoms with Crippen LogP contribution in [0.2, 0.25) is 0 Å². The molecule has 0 saturated heterocycles. The molecule has 3 heterocycles. The minimum Gasteiger partial charge on any atom is -0.370 e. The number of hydrogen-bond acceptors (Lipinski definition) is 5. The molecule has 0 amide bonds. The largest absolute Gasteiger partial charge is 0.370 e. The Balaban J connectivity index is 1.49. The lowest BCUT2D eigenvalue weighted by Gasteiger charge is -2.07. The van der Waals surface area contributed by atoms with Crippen molar-refractivity contribution in [2.45, 2.75) is 13.3 Å². The van der Waals surface area contributed by atoms with Crippen molar-refractivity contribution in [3.63, 3.8) is 0 Å². The van der Waals surface area contributed by atoms with E-state index in [1.54, 1.807) is 30.7 Å². The van der Waals surface area contributed by atoms with Crippen LogP contribution in [0, 0.1) is 6.92 Å². The lowest BCUT2D eigenvalue weighted by molar-refractivity contribution is 0.812. The lowest BCUT2D eigenvalue weighted by atomic mass is 10.1.